The van der Waals surface area contributed by atoms with Crippen molar-refractivity contribution in [2.45, 2.75) is 25.2 Å². The Kier molecular flexibility index (Phi) is 6.42. The average Bonchev–Trinajstić information content (AvgIpc) is 2.64. The zero-order valence-corrected chi connectivity index (χ0v) is 15.3. The van der Waals surface area contributed by atoms with Crippen LogP contribution in [0.15, 0.2) is 58.5 Å². The van der Waals surface area contributed by atoms with Crippen molar-refractivity contribution in [2.75, 3.05) is 12.0 Å². The van der Waals surface area contributed by atoms with Crippen molar-refractivity contribution in [3.05, 3.63) is 64.2 Å². The van der Waals surface area contributed by atoms with Crippen molar-refractivity contribution in [1.29, 1.82) is 0 Å². The van der Waals surface area contributed by atoms with Crippen molar-refractivity contribution in [3.63, 3.8) is 0 Å². The third-order valence-corrected chi connectivity index (χ3v) is 5.01. The number of nitro benzene ring substituents is 1. The summed E-state index contributed by atoms with van der Waals surface area (Å²) in [6.07, 6.45) is 0.715. The summed E-state index contributed by atoms with van der Waals surface area (Å²) in [6.45, 7) is 4.03. The van der Waals surface area contributed by atoms with Gasteiger partial charge in [-0.05, 0) is 37.1 Å². The normalized spacial score (nSPS) is 12.0. The second-order valence-corrected chi connectivity index (χ2v) is 7.31. The largest absolute Gasteiger partial charge is 0.278 e. The van der Waals surface area contributed by atoms with E-state index in [0.717, 1.165) is 5.56 Å². The summed E-state index contributed by atoms with van der Waals surface area (Å²) in [7, 11) is -3.50. The fourth-order valence-corrected chi connectivity index (χ4v) is 3.23. The van der Waals surface area contributed by atoms with Gasteiger partial charge in [0.1, 0.15) is 0 Å². The molecule has 2 aromatic rings. The summed E-state index contributed by atoms with van der Waals surface area (Å²) >= 11 is 0. The summed E-state index contributed by atoms with van der Waals surface area (Å²) in [4.78, 5) is 10.5. The lowest BCUT2D eigenvalue weighted by Gasteiger charge is -2.07. The van der Waals surface area contributed by atoms with E-state index in [1.165, 1.54) is 24.3 Å². The molecule has 0 heterocycles. The standard InChI is InChI=1S/C17H20N4O4S/c1-3-11-18-26(24,25)17-9-7-14(8-10-17)13(2)19-20-15-5-4-6-16(12-15)21(22)23/h4-10,12,18,20H,3,11H2,1-2H3/b19-13-. The topological polar surface area (TPSA) is 114 Å². The molecule has 0 atom stereocenters. The second-order valence-electron chi connectivity index (χ2n) is 5.54. The Labute approximate surface area is 152 Å². The van der Waals surface area contributed by atoms with Gasteiger partial charge in [0.25, 0.3) is 5.69 Å². The van der Waals surface area contributed by atoms with E-state index in [0.29, 0.717) is 24.4 Å². The summed E-state index contributed by atoms with van der Waals surface area (Å²) in [5.74, 6) is 0. The first-order valence-electron chi connectivity index (χ1n) is 7.98. The summed E-state index contributed by atoms with van der Waals surface area (Å²) < 4.78 is 26.6. The molecule has 26 heavy (non-hydrogen) atoms. The lowest BCUT2D eigenvalue weighted by atomic mass is 10.1. The maximum atomic E-state index is 12.1. The van der Waals surface area contributed by atoms with Gasteiger partial charge in [0.2, 0.25) is 10.0 Å². The van der Waals surface area contributed by atoms with Crippen LogP contribution in [0.25, 0.3) is 0 Å². The van der Waals surface area contributed by atoms with Crippen LogP contribution in [-0.4, -0.2) is 25.6 Å². The predicted octanol–water partition coefficient (Wildman–Crippen LogP) is 3.12. The van der Waals surface area contributed by atoms with Crippen LogP contribution in [0, 0.1) is 10.1 Å². The molecule has 0 spiro atoms. The minimum absolute atomic E-state index is 0.0306. The molecule has 0 aliphatic heterocycles. The van der Waals surface area contributed by atoms with Gasteiger partial charge >= 0.3 is 0 Å². The summed E-state index contributed by atoms with van der Waals surface area (Å²) in [6, 6.07) is 12.4. The fraction of sp³-hybridized carbons (Fsp3) is 0.235. The Hall–Kier alpha value is -2.78. The molecule has 0 radical (unpaired) electrons. The van der Waals surface area contributed by atoms with Crippen LogP contribution >= 0.6 is 0 Å². The summed E-state index contributed by atoms with van der Waals surface area (Å²) in [5.41, 5.74) is 4.57. The number of nitro groups is 1. The number of nitrogens with zero attached hydrogens (tertiary/aromatic N) is 2. The van der Waals surface area contributed by atoms with Gasteiger partial charge in [-0.15, -0.1) is 0 Å². The Morgan fingerprint density at radius 1 is 1.19 bits per heavy atom. The van der Waals surface area contributed by atoms with Crippen LogP contribution in [0.4, 0.5) is 11.4 Å². The highest BCUT2D eigenvalue weighted by Gasteiger charge is 2.13. The quantitative estimate of drug-likeness (QED) is 0.417. The number of hydrogen-bond acceptors (Lipinski definition) is 6. The lowest BCUT2D eigenvalue weighted by Crippen LogP contribution is -2.24. The molecule has 2 rings (SSSR count). The number of benzene rings is 2. The molecule has 138 valence electrons. The highest BCUT2D eigenvalue weighted by Crippen LogP contribution is 2.17. The predicted molar refractivity (Wildman–Crippen MR) is 101 cm³/mol. The molecular weight excluding hydrogens is 356 g/mol. The van der Waals surface area contributed by atoms with Crippen LogP contribution in [0.3, 0.4) is 0 Å². The van der Waals surface area contributed by atoms with E-state index in [1.807, 2.05) is 6.92 Å². The van der Waals surface area contributed by atoms with Crippen molar-refractivity contribution < 1.29 is 13.3 Å². The zero-order chi connectivity index (χ0) is 19.2. The molecule has 2 aromatic carbocycles. The minimum Gasteiger partial charge on any atom is -0.278 e. The Morgan fingerprint density at radius 2 is 1.88 bits per heavy atom. The van der Waals surface area contributed by atoms with Gasteiger partial charge in [0.05, 0.1) is 21.2 Å². The number of nitrogens with one attached hydrogen (secondary N) is 2. The van der Waals surface area contributed by atoms with Gasteiger partial charge in [0.15, 0.2) is 0 Å². The van der Waals surface area contributed by atoms with Gasteiger partial charge < -0.3 is 0 Å². The third-order valence-electron chi connectivity index (χ3n) is 3.53. The van der Waals surface area contributed by atoms with Crippen LogP contribution in [0.5, 0.6) is 0 Å². The molecule has 2 N–H and O–H groups in total. The number of sulfonamides is 1. The number of anilines is 1. The molecule has 0 aliphatic carbocycles. The van der Waals surface area contributed by atoms with Gasteiger partial charge in [-0.1, -0.05) is 25.1 Å². The first-order valence-corrected chi connectivity index (χ1v) is 9.46. The van der Waals surface area contributed by atoms with Crippen molar-refractivity contribution in [3.8, 4) is 0 Å². The first kappa shape index (κ1) is 19.5. The maximum Gasteiger partial charge on any atom is 0.271 e. The maximum absolute atomic E-state index is 12.1. The van der Waals surface area contributed by atoms with Gasteiger partial charge in [-0.2, -0.15) is 5.10 Å². The molecule has 9 heteroatoms. The van der Waals surface area contributed by atoms with Gasteiger partial charge in [-0.25, -0.2) is 13.1 Å². The van der Waals surface area contributed by atoms with Crippen LogP contribution < -0.4 is 10.1 Å². The van der Waals surface area contributed by atoms with E-state index in [4.69, 9.17) is 0 Å². The van der Waals surface area contributed by atoms with E-state index in [1.54, 1.807) is 31.2 Å². The molecule has 0 saturated carbocycles. The van der Waals surface area contributed by atoms with Crippen molar-refractivity contribution in [1.82, 2.24) is 4.72 Å². The molecular formula is C17H20N4O4S. The SMILES string of the molecule is CCCNS(=O)(=O)c1ccc(/C(C)=N\Nc2cccc([N+](=O)[O-])c2)cc1. The Balaban J connectivity index is 2.12. The number of hydrogen-bond donors (Lipinski definition) is 2. The molecule has 0 unspecified atom stereocenters. The van der Waals surface area contributed by atoms with E-state index in [2.05, 4.69) is 15.2 Å². The first-order chi connectivity index (χ1) is 12.3. The monoisotopic (exact) mass is 376 g/mol. The zero-order valence-electron chi connectivity index (χ0n) is 14.5. The highest BCUT2D eigenvalue weighted by molar-refractivity contribution is 7.89. The molecule has 0 fully saturated rings. The van der Waals surface area contributed by atoms with Crippen molar-refractivity contribution in [2.24, 2.45) is 5.10 Å². The van der Waals surface area contributed by atoms with Crippen molar-refractivity contribution >= 4 is 27.1 Å². The highest BCUT2D eigenvalue weighted by atomic mass is 32.2. The average molecular weight is 376 g/mol. The van der Waals surface area contributed by atoms with Gasteiger partial charge in [0, 0.05) is 18.7 Å². The summed E-state index contributed by atoms with van der Waals surface area (Å²) in [5, 5.41) is 15.0. The molecule has 0 bridgehead atoms. The number of hydrazone groups is 1. The second kappa shape index (κ2) is 8.54. The molecule has 0 saturated heterocycles. The van der Waals surface area contributed by atoms with E-state index in [-0.39, 0.29) is 10.6 Å². The Bertz CT molecular complexity index is 909. The van der Waals surface area contributed by atoms with Crippen LogP contribution in [0.1, 0.15) is 25.8 Å². The lowest BCUT2D eigenvalue weighted by molar-refractivity contribution is -0.384. The van der Waals surface area contributed by atoms with E-state index < -0.39 is 14.9 Å². The smallest absolute Gasteiger partial charge is 0.271 e. The van der Waals surface area contributed by atoms with E-state index in [9.17, 15) is 18.5 Å². The van der Waals surface area contributed by atoms with E-state index >= 15 is 0 Å². The van der Waals surface area contributed by atoms with Crippen LogP contribution in [-0.2, 0) is 10.0 Å². The minimum atomic E-state index is -3.50. The Morgan fingerprint density at radius 3 is 2.50 bits per heavy atom. The van der Waals surface area contributed by atoms with Gasteiger partial charge in [-0.3, -0.25) is 15.5 Å². The fourth-order valence-electron chi connectivity index (χ4n) is 2.10. The number of non-ortho nitro benzene ring substituents is 1. The molecule has 0 aliphatic rings. The van der Waals surface area contributed by atoms with Crippen LogP contribution in [0.2, 0.25) is 0 Å². The number of rotatable bonds is 8. The molecule has 0 amide bonds. The third kappa shape index (κ3) is 5.11. The molecule has 0 aromatic heterocycles. The molecule has 8 nitrogen and oxygen atoms in total.